The minimum absolute atomic E-state index is 0.0679. The van der Waals surface area contributed by atoms with Crippen LogP contribution in [0.1, 0.15) is 23.1 Å². The van der Waals surface area contributed by atoms with Gasteiger partial charge >= 0.3 is 0 Å². The summed E-state index contributed by atoms with van der Waals surface area (Å²) in [6, 6.07) is 6.34. The van der Waals surface area contributed by atoms with Crippen molar-refractivity contribution >= 4 is 33.3 Å². The third-order valence-corrected chi connectivity index (χ3v) is 5.02. The van der Waals surface area contributed by atoms with Crippen molar-refractivity contribution in [1.82, 2.24) is 14.8 Å². The Balaban J connectivity index is 2.11. The number of nitrogens with zero attached hydrogens (tertiary/aromatic N) is 3. The molecule has 0 saturated heterocycles. The van der Waals surface area contributed by atoms with E-state index in [4.69, 9.17) is 0 Å². The van der Waals surface area contributed by atoms with Gasteiger partial charge in [-0.15, -0.1) is 16.8 Å². The van der Waals surface area contributed by atoms with Gasteiger partial charge < -0.3 is 4.57 Å². The number of aromatic nitrogens is 3. The summed E-state index contributed by atoms with van der Waals surface area (Å²) in [6.45, 7) is 7.94. The van der Waals surface area contributed by atoms with Crippen LogP contribution in [0.5, 0.6) is 0 Å². The van der Waals surface area contributed by atoms with Crippen LogP contribution in [-0.4, -0.2) is 40.5 Å². The van der Waals surface area contributed by atoms with Crippen LogP contribution >= 0.6 is 11.8 Å². The van der Waals surface area contributed by atoms with Gasteiger partial charge in [-0.25, -0.2) is 8.42 Å². The normalized spacial score (nSPS) is 12.6. The Hall–Kier alpha value is -2.13. The zero-order valence-corrected chi connectivity index (χ0v) is 15.9. The molecule has 0 amide bonds. The maximum Gasteiger partial charge on any atom is 0.229 e. The summed E-state index contributed by atoms with van der Waals surface area (Å²) < 4.78 is 26.7. The molecule has 25 heavy (non-hydrogen) atoms. The highest BCUT2D eigenvalue weighted by molar-refractivity contribution is 8.00. The molecule has 1 aromatic heterocycles. The number of thioether (sulfide) groups is 1. The molecule has 9 heteroatoms. The minimum atomic E-state index is -3.34. The van der Waals surface area contributed by atoms with Gasteiger partial charge in [0.15, 0.2) is 10.9 Å². The SMILES string of the molecule is C=CCn1c(C)nnc1S[C@H](C)C(=O)c1ccc(NS(C)(=O)=O)cc1. The van der Waals surface area contributed by atoms with Crippen LogP contribution in [0, 0.1) is 6.92 Å². The van der Waals surface area contributed by atoms with Crippen LogP contribution in [-0.2, 0) is 16.6 Å². The van der Waals surface area contributed by atoms with E-state index in [0.29, 0.717) is 23.0 Å². The topological polar surface area (TPSA) is 93.9 Å². The monoisotopic (exact) mass is 380 g/mol. The number of carbonyl (C=O) groups excluding carboxylic acids is 1. The molecule has 0 aliphatic rings. The minimum Gasteiger partial charge on any atom is -0.302 e. The van der Waals surface area contributed by atoms with Crippen molar-refractivity contribution in [3.8, 4) is 0 Å². The fourth-order valence-electron chi connectivity index (χ4n) is 2.15. The summed E-state index contributed by atoms with van der Waals surface area (Å²) in [4.78, 5) is 12.6. The lowest BCUT2D eigenvalue weighted by Gasteiger charge is -2.11. The highest BCUT2D eigenvalue weighted by Crippen LogP contribution is 2.25. The molecule has 2 rings (SSSR count). The van der Waals surface area contributed by atoms with Crippen molar-refractivity contribution in [2.45, 2.75) is 30.8 Å². The van der Waals surface area contributed by atoms with Crippen molar-refractivity contribution in [2.24, 2.45) is 0 Å². The highest BCUT2D eigenvalue weighted by atomic mass is 32.2. The summed E-state index contributed by atoms with van der Waals surface area (Å²) in [5, 5.41) is 8.44. The number of rotatable bonds is 8. The third kappa shape index (κ3) is 5.17. The van der Waals surface area contributed by atoms with Crippen LogP contribution in [0.4, 0.5) is 5.69 Å². The largest absolute Gasteiger partial charge is 0.302 e. The van der Waals surface area contributed by atoms with Crippen LogP contribution in [0.3, 0.4) is 0 Å². The predicted molar refractivity (Wildman–Crippen MR) is 99.5 cm³/mol. The standard InChI is InChI=1S/C16H20N4O3S2/c1-5-10-20-12(3)17-18-16(20)24-11(2)15(21)13-6-8-14(9-7-13)19-25(4,22)23/h5-9,11,19H,1,10H2,2-4H3/t11-/m1/s1. The molecular formula is C16H20N4O3S2. The van der Waals surface area contributed by atoms with E-state index in [9.17, 15) is 13.2 Å². The molecule has 2 aromatic rings. The van der Waals surface area contributed by atoms with Gasteiger partial charge in [-0.2, -0.15) is 0 Å². The number of Topliss-reactive ketones (excluding diaryl/α,β-unsaturated/α-hetero) is 1. The number of anilines is 1. The zero-order chi connectivity index (χ0) is 18.6. The molecular weight excluding hydrogens is 360 g/mol. The maximum atomic E-state index is 12.6. The predicted octanol–water partition coefficient (Wildman–Crippen LogP) is 2.51. The van der Waals surface area contributed by atoms with E-state index in [1.807, 2.05) is 11.5 Å². The lowest BCUT2D eigenvalue weighted by atomic mass is 10.1. The zero-order valence-electron chi connectivity index (χ0n) is 14.3. The lowest BCUT2D eigenvalue weighted by Crippen LogP contribution is -2.15. The summed E-state index contributed by atoms with van der Waals surface area (Å²) in [6.07, 6.45) is 2.83. The van der Waals surface area contributed by atoms with Crippen molar-refractivity contribution in [3.63, 3.8) is 0 Å². The van der Waals surface area contributed by atoms with E-state index in [1.165, 1.54) is 11.8 Å². The molecule has 0 unspecified atom stereocenters. The molecule has 0 aliphatic carbocycles. The first kappa shape index (κ1) is 19.2. The number of nitrogens with one attached hydrogen (secondary N) is 1. The van der Waals surface area contributed by atoms with Gasteiger partial charge in [-0.05, 0) is 38.1 Å². The average Bonchev–Trinajstić information content (AvgIpc) is 2.87. The second-order valence-corrected chi connectivity index (χ2v) is 8.56. The Bertz CT molecular complexity index is 873. The van der Waals surface area contributed by atoms with Crippen molar-refractivity contribution < 1.29 is 13.2 Å². The molecule has 0 spiro atoms. The molecule has 0 bridgehead atoms. The van der Waals surface area contributed by atoms with Crippen molar-refractivity contribution in [1.29, 1.82) is 0 Å². The van der Waals surface area contributed by atoms with Gasteiger partial charge in [0.2, 0.25) is 10.0 Å². The van der Waals surface area contributed by atoms with Crippen LogP contribution in [0.15, 0.2) is 42.1 Å². The molecule has 0 aliphatic heterocycles. The van der Waals surface area contributed by atoms with E-state index in [-0.39, 0.29) is 11.0 Å². The Kier molecular flexibility index (Phi) is 6.02. The Morgan fingerprint density at radius 3 is 2.56 bits per heavy atom. The molecule has 0 fully saturated rings. The van der Waals surface area contributed by atoms with E-state index >= 15 is 0 Å². The average molecular weight is 380 g/mol. The van der Waals surface area contributed by atoms with Gasteiger partial charge in [0.1, 0.15) is 5.82 Å². The van der Waals surface area contributed by atoms with E-state index < -0.39 is 10.0 Å². The molecule has 134 valence electrons. The summed E-state index contributed by atoms with van der Waals surface area (Å²) in [7, 11) is -3.34. The number of allylic oxidation sites excluding steroid dienone is 1. The number of hydrogen-bond acceptors (Lipinski definition) is 6. The van der Waals surface area contributed by atoms with Gasteiger partial charge in [0, 0.05) is 17.8 Å². The van der Waals surface area contributed by atoms with Crippen molar-refractivity contribution in [3.05, 3.63) is 48.3 Å². The molecule has 0 radical (unpaired) electrons. The van der Waals surface area contributed by atoms with E-state index in [1.54, 1.807) is 37.3 Å². The number of sulfonamides is 1. The van der Waals surface area contributed by atoms with E-state index in [2.05, 4.69) is 21.5 Å². The third-order valence-electron chi connectivity index (χ3n) is 3.34. The molecule has 1 N–H and O–H groups in total. The molecule has 1 heterocycles. The number of carbonyl (C=O) groups is 1. The van der Waals surface area contributed by atoms with Gasteiger partial charge in [0.05, 0.1) is 11.5 Å². The first-order valence-corrected chi connectivity index (χ1v) is 10.3. The Morgan fingerprint density at radius 1 is 1.36 bits per heavy atom. The van der Waals surface area contributed by atoms with Gasteiger partial charge in [0.25, 0.3) is 0 Å². The first-order chi connectivity index (χ1) is 11.7. The van der Waals surface area contributed by atoms with Crippen LogP contribution in [0.25, 0.3) is 0 Å². The molecule has 7 nitrogen and oxygen atoms in total. The fraction of sp³-hybridized carbons (Fsp3) is 0.312. The smallest absolute Gasteiger partial charge is 0.229 e. The van der Waals surface area contributed by atoms with E-state index in [0.717, 1.165) is 12.1 Å². The Morgan fingerprint density at radius 2 is 2.00 bits per heavy atom. The van der Waals surface area contributed by atoms with Crippen molar-refractivity contribution in [2.75, 3.05) is 11.0 Å². The second kappa shape index (κ2) is 7.83. The maximum absolute atomic E-state index is 12.6. The molecule has 1 atom stereocenters. The first-order valence-electron chi connectivity index (χ1n) is 7.50. The van der Waals surface area contributed by atoms with Gasteiger partial charge in [-0.1, -0.05) is 17.8 Å². The number of ketones is 1. The summed E-state index contributed by atoms with van der Waals surface area (Å²) in [5.74, 6) is 0.694. The Labute approximate surface area is 151 Å². The number of aryl methyl sites for hydroxylation is 1. The quantitative estimate of drug-likeness (QED) is 0.430. The lowest BCUT2D eigenvalue weighted by molar-refractivity contribution is 0.0994. The fourth-order valence-corrected chi connectivity index (χ4v) is 3.70. The van der Waals surface area contributed by atoms with Crippen LogP contribution in [0.2, 0.25) is 0 Å². The summed E-state index contributed by atoms with van der Waals surface area (Å²) in [5.41, 5.74) is 0.922. The molecule has 0 saturated carbocycles. The highest BCUT2D eigenvalue weighted by Gasteiger charge is 2.20. The van der Waals surface area contributed by atoms with Gasteiger partial charge in [-0.3, -0.25) is 9.52 Å². The number of hydrogen-bond donors (Lipinski definition) is 1. The number of benzene rings is 1. The summed E-state index contributed by atoms with van der Waals surface area (Å²) >= 11 is 1.33. The second-order valence-electron chi connectivity index (χ2n) is 5.50. The molecule has 1 aromatic carbocycles. The van der Waals surface area contributed by atoms with Crippen LogP contribution < -0.4 is 4.72 Å².